The van der Waals surface area contributed by atoms with E-state index in [1.165, 1.54) is 0 Å². The molecule has 1 amide bonds. The van der Waals surface area contributed by atoms with Gasteiger partial charge in [0.1, 0.15) is 6.04 Å². The fourth-order valence-corrected chi connectivity index (χ4v) is 5.55. The number of halogens is 3. The number of hydrogen-bond acceptors (Lipinski definition) is 7. The summed E-state index contributed by atoms with van der Waals surface area (Å²) in [5.74, 6) is -1.42. The maximum atomic E-state index is 13.3. The molecule has 0 aliphatic rings. The Hall–Kier alpha value is -0.350. The van der Waals surface area contributed by atoms with Crippen molar-refractivity contribution in [2.75, 3.05) is 31.7 Å². The molecular formula is C15H27F3NO5PS2. The van der Waals surface area contributed by atoms with Gasteiger partial charge in [0.05, 0.1) is 26.0 Å². The number of rotatable bonds is 12. The van der Waals surface area contributed by atoms with Crippen LogP contribution < -0.4 is 5.32 Å². The van der Waals surface area contributed by atoms with Gasteiger partial charge in [-0.3, -0.25) is 9.36 Å². The van der Waals surface area contributed by atoms with E-state index in [1.807, 2.05) is 5.32 Å². The topological polar surface area (TPSA) is 73.9 Å². The number of carbonyl (C=O) groups excluding carboxylic acids is 1. The molecule has 0 aliphatic carbocycles. The first kappa shape index (κ1) is 26.6. The van der Waals surface area contributed by atoms with Gasteiger partial charge in [0.15, 0.2) is 0 Å². The van der Waals surface area contributed by atoms with E-state index in [1.54, 1.807) is 20.8 Å². The van der Waals surface area contributed by atoms with Crippen molar-refractivity contribution in [3.8, 4) is 0 Å². The molecule has 0 saturated heterocycles. The molecule has 0 radical (unpaired) electrons. The van der Waals surface area contributed by atoms with Crippen LogP contribution in [0, 0.1) is 5.92 Å². The SMILES string of the molecule is CCOC(=S)SCC(CC(NC(C)=O)C(F)(F)F)CP(=O)(OCC)OCC. The monoisotopic (exact) mass is 453 g/mol. The van der Waals surface area contributed by atoms with Gasteiger partial charge in [-0.25, -0.2) is 0 Å². The Morgan fingerprint density at radius 3 is 2.15 bits per heavy atom. The molecule has 12 heteroatoms. The van der Waals surface area contributed by atoms with Crippen LogP contribution in [0.1, 0.15) is 34.1 Å². The van der Waals surface area contributed by atoms with Crippen LogP contribution in [0.2, 0.25) is 0 Å². The van der Waals surface area contributed by atoms with E-state index in [2.05, 4.69) is 0 Å². The Kier molecular flexibility index (Phi) is 12.8. The van der Waals surface area contributed by atoms with E-state index in [-0.39, 0.29) is 29.5 Å². The lowest BCUT2D eigenvalue weighted by atomic mass is 10.0. The predicted octanol–water partition coefficient (Wildman–Crippen LogP) is 4.38. The van der Waals surface area contributed by atoms with Crippen LogP contribution in [0.3, 0.4) is 0 Å². The third kappa shape index (κ3) is 11.9. The molecule has 0 saturated carbocycles. The van der Waals surface area contributed by atoms with Gasteiger partial charge in [-0.2, -0.15) is 13.2 Å². The summed E-state index contributed by atoms with van der Waals surface area (Å²) in [6.07, 6.45) is -5.34. The van der Waals surface area contributed by atoms with E-state index in [9.17, 15) is 22.5 Å². The molecule has 0 aromatic rings. The van der Waals surface area contributed by atoms with Gasteiger partial charge in [0.25, 0.3) is 0 Å². The molecule has 0 rings (SSSR count). The van der Waals surface area contributed by atoms with Crippen LogP contribution in [0.5, 0.6) is 0 Å². The molecule has 0 aliphatic heterocycles. The van der Waals surface area contributed by atoms with Gasteiger partial charge in [-0.05, 0) is 45.3 Å². The summed E-state index contributed by atoms with van der Waals surface area (Å²) in [5, 5.41) is 1.90. The van der Waals surface area contributed by atoms with Crippen molar-refractivity contribution in [3.63, 3.8) is 0 Å². The molecule has 0 heterocycles. The number of hydrogen-bond donors (Lipinski definition) is 1. The number of nitrogens with one attached hydrogen (secondary N) is 1. The number of carbonyl (C=O) groups is 1. The van der Waals surface area contributed by atoms with Gasteiger partial charge in [-0.15, -0.1) is 0 Å². The number of amides is 1. The maximum Gasteiger partial charge on any atom is 0.408 e. The predicted molar refractivity (Wildman–Crippen MR) is 104 cm³/mol. The molecule has 0 aromatic heterocycles. The van der Waals surface area contributed by atoms with Crippen LogP contribution in [-0.4, -0.2) is 54.2 Å². The summed E-state index contributed by atoms with van der Waals surface area (Å²) in [6, 6.07) is -2.07. The van der Waals surface area contributed by atoms with Gasteiger partial charge in [0, 0.05) is 12.7 Å². The van der Waals surface area contributed by atoms with Crippen molar-refractivity contribution in [3.05, 3.63) is 0 Å². The molecule has 0 fully saturated rings. The van der Waals surface area contributed by atoms with Crippen molar-refractivity contribution in [1.82, 2.24) is 5.32 Å². The summed E-state index contributed by atoms with van der Waals surface area (Å²) in [7, 11) is -3.57. The zero-order valence-electron chi connectivity index (χ0n) is 15.8. The van der Waals surface area contributed by atoms with Crippen LogP contribution in [0.25, 0.3) is 0 Å². The van der Waals surface area contributed by atoms with Gasteiger partial charge >= 0.3 is 13.8 Å². The van der Waals surface area contributed by atoms with E-state index in [4.69, 9.17) is 26.0 Å². The number of ether oxygens (including phenoxy) is 1. The number of alkyl halides is 3. The lowest BCUT2D eigenvalue weighted by Crippen LogP contribution is -2.46. The van der Waals surface area contributed by atoms with Gasteiger partial charge in [-0.1, -0.05) is 11.8 Å². The summed E-state index contributed by atoms with van der Waals surface area (Å²) in [6.45, 7) is 6.53. The van der Waals surface area contributed by atoms with Crippen molar-refractivity contribution in [1.29, 1.82) is 0 Å². The Morgan fingerprint density at radius 2 is 1.74 bits per heavy atom. The summed E-state index contributed by atoms with van der Waals surface area (Å²) < 4.78 is 68.3. The fraction of sp³-hybridized carbons (Fsp3) is 0.867. The Bertz CT molecular complexity index is 512. The molecule has 0 bridgehead atoms. The quantitative estimate of drug-likeness (QED) is 0.347. The molecule has 6 nitrogen and oxygen atoms in total. The molecule has 1 N–H and O–H groups in total. The molecule has 160 valence electrons. The first-order valence-corrected chi connectivity index (χ1v) is 11.6. The first-order chi connectivity index (χ1) is 12.5. The number of thiocarbonyl (C=S) groups is 1. The lowest BCUT2D eigenvalue weighted by Gasteiger charge is -2.28. The highest BCUT2D eigenvalue weighted by atomic mass is 32.2. The second kappa shape index (κ2) is 13.0. The average molecular weight is 453 g/mol. The van der Waals surface area contributed by atoms with E-state index in [0.29, 0.717) is 6.61 Å². The van der Waals surface area contributed by atoms with Gasteiger partial charge < -0.3 is 19.1 Å². The second-order valence-electron chi connectivity index (χ2n) is 5.52. The van der Waals surface area contributed by atoms with E-state index in [0.717, 1.165) is 18.7 Å². The first-order valence-electron chi connectivity index (χ1n) is 8.48. The highest BCUT2D eigenvalue weighted by Crippen LogP contribution is 2.50. The van der Waals surface area contributed by atoms with Crippen LogP contribution >= 0.6 is 31.6 Å². The minimum Gasteiger partial charge on any atom is -0.479 e. The van der Waals surface area contributed by atoms with E-state index >= 15 is 0 Å². The third-order valence-corrected chi connectivity index (χ3v) is 6.90. The van der Waals surface area contributed by atoms with Crippen molar-refractivity contribution >= 4 is 41.9 Å². The average Bonchev–Trinajstić information content (AvgIpc) is 2.51. The largest absolute Gasteiger partial charge is 0.479 e. The molecule has 2 atom stereocenters. The second-order valence-corrected chi connectivity index (χ2v) is 9.24. The minimum absolute atomic E-state index is 0.100. The van der Waals surface area contributed by atoms with Crippen LogP contribution in [0.15, 0.2) is 0 Å². The molecule has 2 unspecified atom stereocenters. The van der Waals surface area contributed by atoms with Crippen molar-refractivity contribution in [2.45, 2.75) is 46.3 Å². The van der Waals surface area contributed by atoms with Crippen LogP contribution in [0.4, 0.5) is 13.2 Å². The molecule has 27 heavy (non-hydrogen) atoms. The Morgan fingerprint density at radius 1 is 1.19 bits per heavy atom. The zero-order chi connectivity index (χ0) is 21.1. The maximum absolute atomic E-state index is 13.3. The normalized spacial score (nSPS) is 14.5. The Balaban J connectivity index is 5.38. The molecular weight excluding hydrogens is 426 g/mol. The third-order valence-electron chi connectivity index (χ3n) is 3.17. The summed E-state index contributed by atoms with van der Waals surface area (Å²) in [5.41, 5.74) is 0. The van der Waals surface area contributed by atoms with Crippen LogP contribution in [-0.2, 0) is 23.1 Å². The zero-order valence-corrected chi connectivity index (χ0v) is 18.4. The van der Waals surface area contributed by atoms with Crippen molar-refractivity contribution < 1.29 is 36.3 Å². The molecule has 0 spiro atoms. The fourth-order valence-electron chi connectivity index (χ4n) is 2.25. The molecule has 0 aromatic carbocycles. The summed E-state index contributed by atoms with van der Waals surface area (Å²) >= 11 is 6.04. The lowest BCUT2D eigenvalue weighted by molar-refractivity contribution is -0.163. The van der Waals surface area contributed by atoms with Crippen molar-refractivity contribution in [2.24, 2.45) is 5.92 Å². The smallest absolute Gasteiger partial charge is 0.408 e. The minimum atomic E-state index is -4.64. The highest BCUT2D eigenvalue weighted by molar-refractivity contribution is 8.22. The summed E-state index contributed by atoms with van der Waals surface area (Å²) in [4.78, 5) is 11.2. The highest BCUT2D eigenvalue weighted by Gasteiger charge is 2.42. The number of thioether (sulfide) groups is 1. The van der Waals surface area contributed by atoms with Gasteiger partial charge in [0.2, 0.25) is 10.3 Å². The van der Waals surface area contributed by atoms with E-state index < -0.39 is 38.1 Å². The Labute approximate surface area is 167 Å². The standard InChI is InChI=1S/C15H27F3NO5PS2/c1-5-22-14(26)27-10-12(9-25(21,23-6-2)24-7-3)8-13(15(16,17)18)19-11(4)20/h12-13H,5-10H2,1-4H3,(H,19,20).